The molecule has 6 heteroatoms. The molecule has 10 rings (SSSR count). The van der Waals surface area contributed by atoms with Gasteiger partial charge in [-0.1, -0.05) is 133 Å². The monoisotopic (exact) mass is 862 g/mol. The number of fused-ring (bicyclic) bond motifs is 2. The van der Waals surface area contributed by atoms with Crippen molar-refractivity contribution in [3.8, 4) is 0 Å². The first-order valence-electron chi connectivity index (χ1n) is 18.4. The van der Waals surface area contributed by atoms with Crippen LogP contribution in [0.3, 0.4) is 0 Å². The molecule has 8 aromatic rings. The Morgan fingerprint density at radius 2 is 0.672 bits per heavy atom. The van der Waals surface area contributed by atoms with E-state index in [1.54, 1.807) is 0 Å². The minimum absolute atomic E-state index is 0. The Morgan fingerprint density at radius 3 is 0.914 bits per heavy atom. The van der Waals surface area contributed by atoms with Crippen LogP contribution in [0, 0.1) is 12.2 Å². The molecule has 0 bridgehead atoms. The fraction of sp³-hybridized carbons (Fsp3) is 0.0385. The predicted octanol–water partition coefficient (Wildman–Crippen LogP) is 5.25. The molecule has 0 amide bonds. The summed E-state index contributed by atoms with van der Waals surface area (Å²) < 4.78 is 0. The minimum Gasteiger partial charge on any atom is -1.00 e. The first-order chi connectivity index (χ1) is 26.8. The van der Waals surface area contributed by atoms with Crippen molar-refractivity contribution in [2.75, 3.05) is 0 Å². The zero-order chi connectivity index (χ0) is 36.6. The Balaban J connectivity index is 0.000000237. The summed E-state index contributed by atoms with van der Waals surface area (Å²) in [5.41, 5.74) is 0. The van der Waals surface area contributed by atoms with Gasteiger partial charge in [-0.25, -0.2) is 24.3 Å². The number of allylic oxidation sites excluding steroid dienone is 8. The summed E-state index contributed by atoms with van der Waals surface area (Å²) in [6.45, 7) is 0. The van der Waals surface area contributed by atoms with Gasteiger partial charge in [0, 0.05) is 0 Å². The molecule has 8 aromatic carbocycles. The molecule has 0 heterocycles. The van der Waals surface area contributed by atoms with E-state index in [1.165, 1.54) is 53.4 Å². The molecule has 0 atom stereocenters. The van der Waals surface area contributed by atoms with Gasteiger partial charge in [0.05, 0.1) is 0 Å². The van der Waals surface area contributed by atoms with Gasteiger partial charge in [0.15, 0.2) is 0 Å². The molecule has 2 aliphatic carbocycles. The summed E-state index contributed by atoms with van der Waals surface area (Å²) in [6, 6.07) is 70.0. The van der Waals surface area contributed by atoms with Crippen molar-refractivity contribution < 1.29 is 52.8 Å². The molecule has 0 N–H and O–H groups in total. The maximum absolute atomic E-state index is 2.99. The zero-order valence-corrected chi connectivity index (χ0v) is 36.9. The largest absolute Gasteiger partial charge is 2.00 e. The van der Waals surface area contributed by atoms with Crippen molar-refractivity contribution in [2.24, 2.45) is 0 Å². The summed E-state index contributed by atoms with van der Waals surface area (Å²) >= 11 is 0. The SMILES string of the molecule is [C-]1=CC=CC1.[C-]1=CC=CC1.[F-].[F-].[Ti+2].[Ti+2].c1ccc(P(c2ccccc2)c2cc3ccccc3[cH-]2)cc1.c1ccc(P(c2ccccc2)c2cc3ccccc3[cH-]2)cc1. The standard InChI is InChI=1S/2C21H16P.2C5H5.2FH.2Ti/c2*1-3-11-19(12-4-1)22(20-13-5-2-6-14-20)21-15-17-9-7-8-10-18(17)16-21;2*1-2-4-5-3-1;;;;/h2*1-16H;2*1-3H,4H2;2*1H;;/q4*-1;;;2*+2/p-2. The second kappa shape index (κ2) is 25.9. The smallest absolute Gasteiger partial charge is 1.00 e. The van der Waals surface area contributed by atoms with Crippen LogP contribution in [0.25, 0.3) is 21.5 Å². The first-order valence-corrected chi connectivity index (χ1v) is 21.1. The Kier molecular flexibility index (Phi) is 21.4. The third-order valence-electron chi connectivity index (χ3n) is 8.95. The average molecular weight is 863 g/mol. The molecule has 0 aromatic heterocycles. The van der Waals surface area contributed by atoms with Gasteiger partial charge in [0.1, 0.15) is 0 Å². The second-order valence-corrected chi connectivity index (χ2v) is 17.1. The van der Waals surface area contributed by atoms with Gasteiger partial charge in [0.2, 0.25) is 0 Å². The Hall–Kier alpha value is -4.35. The molecule has 2 aliphatic rings. The molecule has 0 nitrogen and oxygen atoms in total. The van der Waals surface area contributed by atoms with Crippen molar-refractivity contribution in [3.05, 3.63) is 243 Å². The topological polar surface area (TPSA) is 0 Å². The Morgan fingerprint density at radius 1 is 0.379 bits per heavy atom. The summed E-state index contributed by atoms with van der Waals surface area (Å²) in [5.74, 6) is 0. The average Bonchev–Trinajstić information content (AvgIpc) is 4.10. The maximum atomic E-state index is 2.99. The second-order valence-electron chi connectivity index (χ2n) is 12.7. The molecule has 0 radical (unpaired) electrons. The summed E-state index contributed by atoms with van der Waals surface area (Å²) in [5, 5.41) is 13.8. The number of hydrogen-bond donors (Lipinski definition) is 0. The summed E-state index contributed by atoms with van der Waals surface area (Å²) in [7, 11) is -0.986. The normalized spacial score (nSPS) is 11.5. The van der Waals surface area contributed by atoms with E-state index in [2.05, 4.69) is 218 Å². The van der Waals surface area contributed by atoms with Crippen molar-refractivity contribution in [3.63, 3.8) is 0 Å². The first kappa shape index (κ1) is 48.0. The van der Waals surface area contributed by atoms with Crippen LogP contribution in [-0.2, 0) is 43.4 Å². The van der Waals surface area contributed by atoms with E-state index in [-0.39, 0.29) is 52.8 Å². The van der Waals surface area contributed by atoms with Crippen molar-refractivity contribution >= 4 is 69.2 Å². The maximum Gasteiger partial charge on any atom is 2.00 e. The van der Waals surface area contributed by atoms with Crippen molar-refractivity contribution in [2.45, 2.75) is 12.8 Å². The molecule has 58 heavy (non-hydrogen) atoms. The van der Waals surface area contributed by atoms with Crippen LogP contribution in [0.5, 0.6) is 0 Å². The molecule has 284 valence electrons. The van der Waals surface area contributed by atoms with Gasteiger partial charge in [-0.3, -0.25) is 12.2 Å². The van der Waals surface area contributed by atoms with E-state index >= 15 is 0 Å². The van der Waals surface area contributed by atoms with Crippen LogP contribution in [0.15, 0.2) is 231 Å². The Bertz CT molecular complexity index is 2110. The molecule has 0 aliphatic heterocycles. The van der Waals surface area contributed by atoms with E-state index in [0.717, 1.165) is 12.8 Å². The molecule has 0 spiro atoms. The van der Waals surface area contributed by atoms with Crippen LogP contribution in [0.4, 0.5) is 0 Å². The van der Waals surface area contributed by atoms with Gasteiger partial charge in [-0.15, -0.1) is 93.5 Å². The fourth-order valence-corrected chi connectivity index (χ4v) is 11.2. The van der Waals surface area contributed by atoms with Crippen LogP contribution < -0.4 is 41.2 Å². The predicted molar refractivity (Wildman–Crippen MR) is 240 cm³/mol. The van der Waals surface area contributed by atoms with E-state index in [9.17, 15) is 0 Å². The van der Waals surface area contributed by atoms with E-state index in [1.807, 2.05) is 24.3 Å². The van der Waals surface area contributed by atoms with Gasteiger partial charge in [-0.2, -0.15) is 24.3 Å². The molecule has 0 unspecified atom stereocenters. The number of benzene rings is 6. The third-order valence-corrected chi connectivity index (χ3v) is 13.8. The third kappa shape index (κ3) is 13.3. The molecular weight excluding hydrogens is 820 g/mol. The summed E-state index contributed by atoms with van der Waals surface area (Å²) in [4.78, 5) is 0. The van der Waals surface area contributed by atoms with E-state index in [0.29, 0.717) is 0 Å². The van der Waals surface area contributed by atoms with Gasteiger partial charge >= 0.3 is 43.4 Å². The number of halogens is 2. The van der Waals surface area contributed by atoms with Crippen molar-refractivity contribution in [1.29, 1.82) is 0 Å². The van der Waals surface area contributed by atoms with Gasteiger partial charge in [0.25, 0.3) is 0 Å². The van der Waals surface area contributed by atoms with Crippen LogP contribution in [0.1, 0.15) is 12.8 Å². The Labute approximate surface area is 374 Å². The summed E-state index contributed by atoms with van der Waals surface area (Å²) in [6.07, 6.45) is 20.0. The van der Waals surface area contributed by atoms with Crippen molar-refractivity contribution in [1.82, 2.24) is 0 Å². The van der Waals surface area contributed by atoms with Crippen LogP contribution in [0.2, 0.25) is 0 Å². The quantitative estimate of drug-likeness (QED) is 0.122. The molecule has 0 saturated heterocycles. The van der Waals surface area contributed by atoms with Gasteiger partial charge < -0.3 is 9.41 Å². The van der Waals surface area contributed by atoms with E-state index in [4.69, 9.17) is 0 Å². The van der Waals surface area contributed by atoms with Crippen LogP contribution in [-0.4, -0.2) is 0 Å². The molecule has 0 saturated carbocycles. The number of rotatable bonds is 6. The van der Waals surface area contributed by atoms with E-state index < -0.39 is 15.8 Å². The zero-order valence-electron chi connectivity index (χ0n) is 32.0. The van der Waals surface area contributed by atoms with Crippen LogP contribution >= 0.6 is 15.8 Å². The fourth-order valence-electron chi connectivity index (χ4n) is 6.41. The minimum atomic E-state index is -0.493. The number of hydrogen-bond acceptors (Lipinski definition) is 0. The molecular formula is C52H42F2P2Ti2-2. The molecule has 0 fully saturated rings. The van der Waals surface area contributed by atoms with Gasteiger partial charge in [-0.05, 0) is 37.1 Å².